The molecule has 2 nitrogen and oxygen atoms in total. The number of hydrogen-bond acceptors (Lipinski definition) is 2. The van der Waals surface area contributed by atoms with Gasteiger partial charge in [-0.25, -0.2) is 0 Å². The molecule has 0 saturated heterocycles. The summed E-state index contributed by atoms with van der Waals surface area (Å²) in [5.74, 6) is 0.472. The van der Waals surface area contributed by atoms with E-state index in [1.807, 2.05) is 6.07 Å². The number of ether oxygens (including phenoxy) is 1. The topological polar surface area (TPSA) is 33.0 Å². The van der Waals surface area contributed by atoms with Gasteiger partial charge in [-0.05, 0) is 25.1 Å². The normalized spacial score (nSPS) is 11.8. The lowest BCUT2D eigenvalue weighted by atomic mass is 10.3. The SMILES string of the molecule is C[C@H](C#N)Oc1ccc(Cl)cc1Cl. The van der Waals surface area contributed by atoms with Gasteiger partial charge in [0.05, 0.1) is 5.02 Å². The number of nitrogens with zero attached hydrogens (tertiary/aromatic N) is 1. The maximum atomic E-state index is 8.50. The molecular formula is C9H7Cl2NO. The molecule has 0 N–H and O–H groups in total. The Labute approximate surface area is 86.6 Å². The van der Waals surface area contributed by atoms with Crippen LogP contribution in [-0.2, 0) is 0 Å². The maximum absolute atomic E-state index is 8.50. The Hall–Kier alpha value is -0.910. The standard InChI is InChI=1S/C9H7Cl2NO/c1-6(5-12)13-9-3-2-7(10)4-8(9)11/h2-4,6H,1H3/t6-/m1/s1. The predicted octanol–water partition coefficient (Wildman–Crippen LogP) is 3.28. The summed E-state index contributed by atoms with van der Waals surface area (Å²) in [5, 5.41) is 9.45. The van der Waals surface area contributed by atoms with Crippen LogP contribution in [0.2, 0.25) is 10.0 Å². The van der Waals surface area contributed by atoms with E-state index in [-0.39, 0.29) is 0 Å². The molecule has 68 valence electrons. The third-order valence-electron chi connectivity index (χ3n) is 1.38. The average Bonchev–Trinajstić information content (AvgIpc) is 2.09. The molecule has 13 heavy (non-hydrogen) atoms. The van der Waals surface area contributed by atoms with Crippen LogP contribution >= 0.6 is 23.2 Å². The van der Waals surface area contributed by atoms with Crippen molar-refractivity contribution >= 4 is 23.2 Å². The van der Waals surface area contributed by atoms with Gasteiger partial charge in [-0.2, -0.15) is 5.26 Å². The van der Waals surface area contributed by atoms with E-state index in [1.165, 1.54) is 0 Å². The summed E-state index contributed by atoms with van der Waals surface area (Å²) in [4.78, 5) is 0. The monoisotopic (exact) mass is 215 g/mol. The van der Waals surface area contributed by atoms with Crippen molar-refractivity contribution in [3.8, 4) is 11.8 Å². The van der Waals surface area contributed by atoms with Gasteiger partial charge in [-0.15, -0.1) is 0 Å². The molecule has 0 heterocycles. The van der Waals surface area contributed by atoms with Gasteiger partial charge in [0.15, 0.2) is 6.10 Å². The Bertz CT molecular complexity index is 346. The molecule has 0 radical (unpaired) electrons. The van der Waals surface area contributed by atoms with Crippen molar-refractivity contribution in [2.24, 2.45) is 0 Å². The van der Waals surface area contributed by atoms with Crippen molar-refractivity contribution in [3.05, 3.63) is 28.2 Å². The maximum Gasteiger partial charge on any atom is 0.181 e. The van der Waals surface area contributed by atoms with Gasteiger partial charge in [-0.1, -0.05) is 23.2 Å². The molecule has 0 aromatic heterocycles. The number of halogens is 2. The number of nitriles is 1. The van der Waals surface area contributed by atoms with Crippen LogP contribution in [0.4, 0.5) is 0 Å². The van der Waals surface area contributed by atoms with Gasteiger partial charge in [-0.3, -0.25) is 0 Å². The Morgan fingerprint density at radius 2 is 2.15 bits per heavy atom. The first kappa shape index (κ1) is 10.2. The van der Waals surface area contributed by atoms with Crippen molar-refractivity contribution in [1.82, 2.24) is 0 Å². The van der Waals surface area contributed by atoms with Gasteiger partial charge in [0.2, 0.25) is 0 Å². The highest BCUT2D eigenvalue weighted by Crippen LogP contribution is 2.28. The average molecular weight is 216 g/mol. The molecule has 1 rings (SSSR count). The van der Waals surface area contributed by atoms with E-state index >= 15 is 0 Å². The Kier molecular flexibility index (Phi) is 3.41. The summed E-state index contributed by atoms with van der Waals surface area (Å²) in [5.41, 5.74) is 0. The second-order valence-corrected chi connectivity index (χ2v) is 3.31. The van der Waals surface area contributed by atoms with Crippen LogP contribution in [-0.4, -0.2) is 6.10 Å². The third-order valence-corrected chi connectivity index (χ3v) is 1.91. The summed E-state index contributed by atoms with van der Waals surface area (Å²) < 4.78 is 5.20. The van der Waals surface area contributed by atoms with Crippen LogP contribution in [0.5, 0.6) is 5.75 Å². The van der Waals surface area contributed by atoms with Crippen molar-refractivity contribution in [3.63, 3.8) is 0 Å². The second-order valence-electron chi connectivity index (χ2n) is 2.46. The second kappa shape index (κ2) is 4.36. The number of benzene rings is 1. The van der Waals surface area contributed by atoms with Crippen LogP contribution in [0.1, 0.15) is 6.92 Å². The molecule has 0 spiro atoms. The summed E-state index contributed by atoms with van der Waals surface area (Å²) >= 11 is 11.5. The van der Waals surface area contributed by atoms with Crippen molar-refractivity contribution in [2.45, 2.75) is 13.0 Å². The Morgan fingerprint density at radius 3 is 2.69 bits per heavy atom. The lowest BCUT2D eigenvalue weighted by Crippen LogP contribution is -2.08. The van der Waals surface area contributed by atoms with E-state index < -0.39 is 6.10 Å². The van der Waals surface area contributed by atoms with E-state index in [0.29, 0.717) is 15.8 Å². The largest absolute Gasteiger partial charge is 0.474 e. The molecule has 1 atom stereocenters. The van der Waals surface area contributed by atoms with Gasteiger partial charge in [0, 0.05) is 5.02 Å². The van der Waals surface area contributed by atoms with Crippen LogP contribution in [0, 0.1) is 11.3 Å². The van der Waals surface area contributed by atoms with Gasteiger partial charge >= 0.3 is 0 Å². The number of rotatable bonds is 2. The van der Waals surface area contributed by atoms with Gasteiger partial charge in [0.25, 0.3) is 0 Å². The fraction of sp³-hybridized carbons (Fsp3) is 0.222. The van der Waals surface area contributed by atoms with Crippen molar-refractivity contribution in [2.75, 3.05) is 0 Å². The van der Waals surface area contributed by atoms with Crippen LogP contribution in [0.15, 0.2) is 18.2 Å². The first-order valence-corrected chi connectivity index (χ1v) is 4.40. The van der Waals surface area contributed by atoms with Crippen LogP contribution in [0.25, 0.3) is 0 Å². The van der Waals surface area contributed by atoms with Gasteiger partial charge < -0.3 is 4.74 Å². The highest BCUT2D eigenvalue weighted by molar-refractivity contribution is 6.35. The zero-order valence-corrected chi connectivity index (χ0v) is 8.43. The summed E-state index contributed by atoms with van der Waals surface area (Å²) in [6, 6.07) is 6.81. The molecular weight excluding hydrogens is 209 g/mol. The quantitative estimate of drug-likeness (QED) is 0.759. The van der Waals surface area contributed by atoms with Crippen LogP contribution < -0.4 is 4.74 Å². The summed E-state index contributed by atoms with van der Waals surface area (Å²) in [6.45, 7) is 1.64. The lowest BCUT2D eigenvalue weighted by Gasteiger charge is -2.08. The first-order chi connectivity index (χ1) is 6.13. The lowest BCUT2D eigenvalue weighted by molar-refractivity contribution is 0.276. The molecule has 1 aromatic carbocycles. The minimum atomic E-state index is -0.515. The molecule has 0 bridgehead atoms. The molecule has 0 amide bonds. The summed E-state index contributed by atoms with van der Waals surface area (Å²) in [7, 11) is 0. The number of hydrogen-bond donors (Lipinski definition) is 0. The van der Waals surface area contributed by atoms with Gasteiger partial charge in [0.1, 0.15) is 11.8 Å². The zero-order valence-electron chi connectivity index (χ0n) is 6.92. The van der Waals surface area contributed by atoms with E-state index in [2.05, 4.69) is 0 Å². The molecule has 1 aromatic rings. The summed E-state index contributed by atoms with van der Waals surface area (Å²) in [6.07, 6.45) is -0.515. The van der Waals surface area contributed by atoms with E-state index in [0.717, 1.165) is 0 Å². The van der Waals surface area contributed by atoms with Crippen molar-refractivity contribution < 1.29 is 4.74 Å². The zero-order chi connectivity index (χ0) is 9.84. The Morgan fingerprint density at radius 1 is 1.46 bits per heavy atom. The highest BCUT2D eigenvalue weighted by Gasteiger charge is 2.05. The molecule has 0 fully saturated rings. The Balaban J connectivity index is 2.85. The van der Waals surface area contributed by atoms with E-state index in [9.17, 15) is 0 Å². The minimum Gasteiger partial charge on any atom is -0.474 e. The fourth-order valence-corrected chi connectivity index (χ4v) is 1.24. The molecule has 0 unspecified atom stereocenters. The third kappa shape index (κ3) is 2.80. The van der Waals surface area contributed by atoms with E-state index in [1.54, 1.807) is 25.1 Å². The van der Waals surface area contributed by atoms with Crippen LogP contribution in [0.3, 0.4) is 0 Å². The molecule has 0 aliphatic heterocycles. The first-order valence-electron chi connectivity index (χ1n) is 3.65. The fourth-order valence-electron chi connectivity index (χ4n) is 0.788. The van der Waals surface area contributed by atoms with Crippen molar-refractivity contribution in [1.29, 1.82) is 5.26 Å². The smallest absolute Gasteiger partial charge is 0.181 e. The molecule has 0 aliphatic carbocycles. The molecule has 0 saturated carbocycles. The van der Waals surface area contributed by atoms with E-state index in [4.69, 9.17) is 33.2 Å². The predicted molar refractivity (Wildman–Crippen MR) is 52.2 cm³/mol. The minimum absolute atomic E-state index is 0.412. The molecule has 0 aliphatic rings. The molecule has 4 heteroatoms. The highest BCUT2D eigenvalue weighted by atomic mass is 35.5.